The third-order valence-electron chi connectivity index (χ3n) is 3.51. The van der Waals surface area contributed by atoms with Gasteiger partial charge in [0, 0.05) is 6.61 Å². The van der Waals surface area contributed by atoms with Crippen LogP contribution in [0, 0.1) is 0 Å². The van der Waals surface area contributed by atoms with E-state index >= 15 is 0 Å². The van der Waals surface area contributed by atoms with Crippen molar-refractivity contribution in [1.82, 2.24) is 0 Å². The smallest absolute Gasteiger partial charge is 0.178 e. The Bertz CT molecular complexity index is 307. The largest absolute Gasteiger partial charge is 0.420 e. The summed E-state index contributed by atoms with van der Waals surface area (Å²) in [4.78, 5) is 0. The van der Waals surface area contributed by atoms with Gasteiger partial charge in [0.1, 0.15) is 7.59 Å². The molecule has 0 unspecified atom stereocenters. The van der Waals surface area contributed by atoms with Gasteiger partial charge in [0.15, 0.2) is 7.83 Å². The van der Waals surface area contributed by atoms with Crippen LogP contribution in [0.25, 0.3) is 0 Å². The van der Waals surface area contributed by atoms with E-state index in [1.807, 2.05) is 0 Å². The molecule has 0 saturated carbocycles. The maximum Gasteiger partial charge on any atom is 0.178 e. The summed E-state index contributed by atoms with van der Waals surface area (Å²) in [7, 11) is -2.94. The summed E-state index contributed by atoms with van der Waals surface area (Å²) < 4.78 is 6.05. The average molecular weight is 238 g/mol. The molecule has 0 radical (unpaired) electrons. The van der Waals surface area contributed by atoms with Crippen molar-refractivity contribution in [3.05, 3.63) is 30.3 Å². The van der Waals surface area contributed by atoms with E-state index in [2.05, 4.69) is 63.4 Å². The fraction of sp³-hybridized carbons (Fsp3) is 0.500. The zero-order valence-electron chi connectivity index (χ0n) is 10.5. The topological polar surface area (TPSA) is 9.23 Å². The van der Waals surface area contributed by atoms with Crippen molar-refractivity contribution in [2.75, 3.05) is 6.61 Å². The molecule has 1 aromatic carbocycles. The fourth-order valence-corrected chi connectivity index (χ4v) is 8.65. The lowest BCUT2D eigenvalue weighted by atomic mass is 10.4. The molecule has 0 bridgehead atoms. The van der Waals surface area contributed by atoms with Crippen LogP contribution in [0.3, 0.4) is 0 Å². The average Bonchev–Trinajstić information content (AvgIpc) is 2.19. The van der Waals surface area contributed by atoms with Crippen molar-refractivity contribution < 1.29 is 4.43 Å². The second-order valence-corrected chi connectivity index (χ2v) is 19.4. The van der Waals surface area contributed by atoms with E-state index in [0.717, 1.165) is 6.61 Å². The monoisotopic (exact) mass is 238 g/mol. The molecule has 0 amide bonds. The Labute approximate surface area is 95.4 Å². The van der Waals surface area contributed by atoms with Gasteiger partial charge in [-0.2, -0.15) is 0 Å². The maximum atomic E-state index is 6.05. The molecule has 0 saturated heterocycles. The van der Waals surface area contributed by atoms with Gasteiger partial charge >= 0.3 is 0 Å². The van der Waals surface area contributed by atoms with Crippen LogP contribution in [0.1, 0.15) is 6.92 Å². The van der Waals surface area contributed by atoms with Crippen LogP contribution in [0.4, 0.5) is 0 Å². The lowest BCUT2D eigenvalue weighted by molar-refractivity contribution is 0.342. The van der Waals surface area contributed by atoms with E-state index < -0.39 is 15.4 Å². The van der Waals surface area contributed by atoms with Crippen LogP contribution in [0.2, 0.25) is 26.2 Å². The first kappa shape index (κ1) is 12.7. The molecule has 3 heteroatoms. The highest BCUT2D eigenvalue weighted by Crippen LogP contribution is 2.20. The molecule has 1 aromatic rings. The van der Waals surface area contributed by atoms with Gasteiger partial charge < -0.3 is 4.43 Å². The van der Waals surface area contributed by atoms with E-state index in [1.165, 1.54) is 5.19 Å². The van der Waals surface area contributed by atoms with Crippen LogP contribution in [0.15, 0.2) is 30.3 Å². The van der Waals surface area contributed by atoms with Gasteiger partial charge in [0.2, 0.25) is 0 Å². The Balaban J connectivity index is 3.01. The highest BCUT2D eigenvalue weighted by molar-refractivity contribution is 7.43. The summed E-state index contributed by atoms with van der Waals surface area (Å²) >= 11 is 0. The second-order valence-electron chi connectivity index (χ2n) is 4.93. The molecule has 0 N–H and O–H groups in total. The molecule has 0 aliphatic heterocycles. The maximum absolute atomic E-state index is 6.05. The van der Waals surface area contributed by atoms with Crippen LogP contribution < -0.4 is 5.19 Å². The summed E-state index contributed by atoms with van der Waals surface area (Å²) in [6, 6.07) is 10.9. The molecule has 0 fully saturated rings. The van der Waals surface area contributed by atoms with Crippen molar-refractivity contribution in [3.8, 4) is 0 Å². The first-order valence-electron chi connectivity index (χ1n) is 5.61. The summed E-state index contributed by atoms with van der Waals surface area (Å²) in [5.74, 6) is 0. The van der Waals surface area contributed by atoms with E-state index in [-0.39, 0.29) is 0 Å². The van der Waals surface area contributed by atoms with Crippen molar-refractivity contribution in [3.63, 3.8) is 0 Å². The van der Waals surface area contributed by atoms with Gasteiger partial charge in [-0.1, -0.05) is 48.6 Å². The zero-order valence-corrected chi connectivity index (χ0v) is 12.5. The Morgan fingerprint density at radius 3 is 2.00 bits per heavy atom. The van der Waals surface area contributed by atoms with E-state index in [4.69, 9.17) is 4.43 Å². The molecule has 0 aliphatic rings. The minimum absolute atomic E-state index is 0.850. The fourth-order valence-electron chi connectivity index (χ4n) is 1.74. The lowest BCUT2D eigenvalue weighted by Gasteiger charge is -2.37. The predicted octanol–water partition coefficient (Wildman–Crippen LogP) is 2.92. The Hall–Kier alpha value is -0.386. The Kier molecular flexibility index (Phi) is 3.92. The lowest BCUT2D eigenvalue weighted by Crippen LogP contribution is -2.64. The van der Waals surface area contributed by atoms with Crippen molar-refractivity contribution in [2.45, 2.75) is 33.1 Å². The van der Waals surface area contributed by atoms with E-state index in [9.17, 15) is 0 Å². The Morgan fingerprint density at radius 1 is 1.00 bits per heavy atom. The summed E-state index contributed by atoms with van der Waals surface area (Å²) in [5, 5.41) is 1.52. The van der Waals surface area contributed by atoms with E-state index in [1.54, 1.807) is 0 Å². The van der Waals surface area contributed by atoms with Gasteiger partial charge in [-0.25, -0.2) is 0 Å². The highest BCUT2D eigenvalue weighted by Gasteiger charge is 2.43. The van der Waals surface area contributed by atoms with Crippen LogP contribution >= 0.6 is 0 Å². The van der Waals surface area contributed by atoms with Crippen molar-refractivity contribution in [1.29, 1.82) is 0 Å². The van der Waals surface area contributed by atoms with Gasteiger partial charge in [-0.15, -0.1) is 0 Å². The first-order valence-corrected chi connectivity index (χ1v) is 12.5. The van der Waals surface area contributed by atoms with Crippen LogP contribution in [-0.4, -0.2) is 22.0 Å². The van der Waals surface area contributed by atoms with Gasteiger partial charge in [0.25, 0.3) is 0 Å². The highest BCUT2D eigenvalue weighted by atomic mass is 29.3. The summed E-state index contributed by atoms with van der Waals surface area (Å²) in [5.41, 5.74) is 0. The quantitative estimate of drug-likeness (QED) is 0.733. The summed E-state index contributed by atoms with van der Waals surface area (Å²) in [6.45, 7) is 12.5. The number of benzene rings is 1. The van der Waals surface area contributed by atoms with Crippen molar-refractivity contribution >= 4 is 20.6 Å². The molecule has 0 spiro atoms. The zero-order chi connectivity index (χ0) is 11.5. The molecule has 0 aliphatic carbocycles. The minimum atomic E-state index is -1.53. The molecule has 0 atom stereocenters. The Morgan fingerprint density at radius 2 is 1.53 bits per heavy atom. The normalized spacial score (nSPS) is 12.9. The molecule has 1 rings (SSSR count). The molecule has 1 nitrogen and oxygen atoms in total. The van der Waals surface area contributed by atoms with Gasteiger partial charge in [0.05, 0.1) is 0 Å². The van der Waals surface area contributed by atoms with Gasteiger partial charge in [-0.3, -0.25) is 0 Å². The second kappa shape index (κ2) is 4.64. The van der Waals surface area contributed by atoms with Crippen molar-refractivity contribution in [2.24, 2.45) is 0 Å². The molecule has 0 heterocycles. The first-order chi connectivity index (χ1) is 6.92. The standard InChI is InChI=1S/C12H22OSi2/c1-6-13-15(4,5)14(2,3)12-10-8-7-9-11-12/h7-11H,6H2,1-5H3. The molecular formula is C12H22OSi2. The number of hydrogen-bond donors (Lipinski definition) is 0. The van der Waals surface area contributed by atoms with Crippen LogP contribution in [-0.2, 0) is 4.43 Å². The third kappa shape index (κ3) is 2.59. The van der Waals surface area contributed by atoms with Gasteiger partial charge in [-0.05, 0) is 20.0 Å². The molecule has 15 heavy (non-hydrogen) atoms. The predicted molar refractivity (Wildman–Crippen MR) is 72.7 cm³/mol. The minimum Gasteiger partial charge on any atom is -0.420 e. The number of hydrogen-bond acceptors (Lipinski definition) is 1. The molecule has 84 valence electrons. The SMILES string of the molecule is CCO[Si](C)(C)[Si](C)(C)c1ccccc1. The number of rotatable bonds is 4. The third-order valence-corrected chi connectivity index (χ3v) is 19.6. The summed E-state index contributed by atoms with van der Waals surface area (Å²) in [6.07, 6.45) is 0. The molecular weight excluding hydrogens is 216 g/mol. The van der Waals surface area contributed by atoms with E-state index in [0.29, 0.717) is 0 Å². The van der Waals surface area contributed by atoms with Crippen LogP contribution in [0.5, 0.6) is 0 Å². The molecule has 0 aromatic heterocycles.